The summed E-state index contributed by atoms with van der Waals surface area (Å²) in [6.07, 6.45) is -1.47. The van der Waals surface area contributed by atoms with Gasteiger partial charge in [0.1, 0.15) is 0 Å². The van der Waals surface area contributed by atoms with E-state index in [1.165, 1.54) is 0 Å². The molecular formula is C17H14O4. The van der Waals surface area contributed by atoms with Gasteiger partial charge in [-0.05, 0) is 21.5 Å². The largest absolute Gasteiger partial charge is 0.352 e. The highest BCUT2D eigenvalue weighted by atomic mass is 17.1. The molecule has 4 heteroatoms. The van der Waals surface area contributed by atoms with Crippen molar-refractivity contribution in [2.45, 2.75) is 12.6 Å². The first-order valence-corrected chi connectivity index (χ1v) is 6.76. The van der Waals surface area contributed by atoms with Crippen LogP contribution in [0.25, 0.3) is 21.5 Å². The van der Waals surface area contributed by atoms with Crippen molar-refractivity contribution >= 4 is 21.5 Å². The molecule has 0 amide bonds. The zero-order valence-corrected chi connectivity index (χ0v) is 11.4. The highest BCUT2D eigenvalue weighted by Gasteiger charge is 2.28. The van der Waals surface area contributed by atoms with E-state index in [9.17, 15) is 5.26 Å². The Balaban J connectivity index is 2.21. The summed E-state index contributed by atoms with van der Waals surface area (Å²) in [7, 11) is 1.58. The number of benzene rings is 3. The standard InChI is InChI=1S/C17H14O4/c1-19-16-12-6-2-4-10-8-9-11-5-3-7-13(15(11)14(10)12)17(20-16)21-18/h2-9,16-18H,1H3. The Morgan fingerprint density at radius 1 is 0.857 bits per heavy atom. The quantitative estimate of drug-likeness (QED) is 0.435. The minimum absolute atomic E-state index is 0.594. The van der Waals surface area contributed by atoms with Gasteiger partial charge in [-0.3, -0.25) is 0 Å². The topological polar surface area (TPSA) is 47.9 Å². The van der Waals surface area contributed by atoms with E-state index in [1.54, 1.807) is 7.11 Å². The molecule has 0 radical (unpaired) electrons. The molecule has 0 fully saturated rings. The Labute approximate surface area is 121 Å². The zero-order valence-electron chi connectivity index (χ0n) is 11.4. The van der Waals surface area contributed by atoms with Crippen molar-refractivity contribution in [3.05, 3.63) is 59.7 Å². The molecule has 0 aliphatic carbocycles. The number of hydrogen-bond acceptors (Lipinski definition) is 4. The van der Waals surface area contributed by atoms with Gasteiger partial charge in [-0.25, -0.2) is 10.1 Å². The lowest BCUT2D eigenvalue weighted by atomic mass is 9.95. The summed E-state index contributed by atoms with van der Waals surface area (Å²) < 4.78 is 11.2. The number of rotatable bonds is 2. The van der Waals surface area contributed by atoms with Gasteiger partial charge >= 0.3 is 0 Å². The summed E-state index contributed by atoms with van der Waals surface area (Å²) in [5, 5.41) is 13.5. The SMILES string of the molecule is COC1OC(OO)c2cccc3ccc4cccc1c4c23. The van der Waals surface area contributed by atoms with Gasteiger partial charge in [0.25, 0.3) is 0 Å². The predicted molar refractivity (Wildman–Crippen MR) is 78.7 cm³/mol. The summed E-state index contributed by atoms with van der Waals surface area (Å²) in [6, 6.07) is 16.0. The van der Waals surface area contributed by atoms with Gasteiger partial charge in [0.05, 0.1) is 0 Å². The summed E-state index contributed by atoms with van der Waals surface area (Å²) in [4.78, 5) is 4.55. The molecule has 0 saturated heterocycles. The van der Waals surface area contributed by atoms with Crippen LogP contribution in [0.3, 0.4) is 0 Å². The Bertz CT molecular complexity index is 759. The van der Waals surface area contributed by atoms with Gasteiger partial charge in [-0.15, -0.1) is 0 Å². The van der Waals surface area contributed by atoms with E-state index in [4.69, 9.17) is 9.47 Å². The molecule has 2 unspecified atom stereocenters. The lowest BCUT2D eigenvalue weighted by Crippen LogP contribution is -2.12. The highest BCUT2D eigenvalue weighted by Crippen LogP contribution is 2.42. The smallest absolute Gasteiger partial charge is 0.220 e. The van der Waals surface area contributed by atoms with E-state index in [1.807, 2.05) is 30.3 Å². The Hall–Kier alpha value is -1.98. The van der Waals surface area contributed by atoms with Crippen LogP contribution in [0.2, 0.25) is 0 Å². The van der Waals surface area contributed by atoms with Crippen molar-refractivity contribution in [2.75, 3.05) is 7.11 Å². The zero-order chi connectivity index (χ0) is 14.4. The summed E-state index contributed by atoms with van der Waals surface area (Å²) in [5.41, 5.74) is 1.74. The second-order valence-electron chi connectivity index (χ2n) is 5.10. The molecule has 0 spiro atoms. The molecular weight excluding hydrogens is 268 g/mol. The predicted octanol–water partition coefficient (Wildman–Crippen LogP) is 4.16. The van der Waals surface area contributed by atoms with Gasteiger partial charge in [0.2, 0.25) is 6.29 Å². The second kappa shape index (κ2) is 4.79. The van der Waals surface area contributed by atoms with E-state index < -0.39 is 12.6 Å². The lowest BCUT2D eigenvalue weighted by molar-refractivity contribution is -0.378. The number of methoxy groups -OCH3 is 1. The van der Waals surface area contributed by atoms with E-state index in [0.29, 0.717) is 0 Å². The third-order valence-corrected chi connectivity index (χ3v) is 4.02. The maximum atomic E-state index is 9.23. The van der Waals surface area contributed by atoms with Crippen molar-refractivity contribution in [1.29, 1.82) is 0 Å². The summed E-state index contributed by atoms with van der Waals surface area (Å²) in [5.74, 6) is 0. The first kappa shape index (κ1) is 12.7. The van der Waals surface area contributed by atoms with Crippen LogP contribution in [0.1, 0.15) is 23.7 Å². The first-order chi connectivity index (χ1) is 10.3. The van der Waals surface area contributed by atoms with Crippen LogP contribution in [0.5, 0.6) is 0 Å². The van der Waals surface area contributed by atoms with E-state index in [-0.39, 0.29) is 0 Å². The Morgan fingerprint density at radius 3 is 1.95 bits per heavy atom. The molecule has 3 aromatic rings. The van der Waals surface area contributed by atoms with Crippen LogP contribution in [0.15, 0.2) is 48.5 Å². The molecule has 0 bridgehead atoms. The van der Waals surface area contributed by atoms with Crippen molar-refractivity contribution in [2.24, 2.45) is 0 Å². The molecule has 1 aliphatic rings. The molecule has 1 aliphatic heterocycles. The first-order valence-electron chi connectivity index (χ1n) is 6.76. The van der Waals surface area contributed by atoms with Crippen molar-refractivity contribution < 1.29 is 19.6 Å². The number of ether oxygens (including phenoxy) is 2. The van der Waals surface area contributed by atoms with E-state index in [2.05, 4.69) is 23.1 Å². The average molecular weight is 282 g/mol. The monoisotopic (exact) mass is 282 g/mol. The third-order valence-electron chi connectivity index (χ3n) is 4.02. The molecule has 3 aromatic carbocycles. The van der Waals surface area contributed by atoms with Gasteiger partial charge in [0, 0.05) is 18.2 Å². The number of hydrogen-bond donors (Lipinski definition) is 1. The molecule has 0 saturated carbocycles. The van der Waals surface area contributed by atoms with Gasteiger partial charge in [-0.1, -0.05) is 48.5 Å². The van der Waals surface area contributed by atoms with Crippen LogP contribution in [-0.2, 0) is 14.4 Å². The maximum Gasteiger partial charge on any atom is 0.220 e. The lowest BCUT2D eigenvalue weighted by Gasteiger charge is -2.20. The molecule has 106 valence electrons. The molecule has 21 heavy (non-hydrogen) atoms. The third kappa shape index (κ3) is 1.78. The van der Waals surface area contributed by atoms with Crippen LogP contribution in [0.4, 0.5) is 0 Å². The minimum atomic E-state index is -0.878. The van der Waals surface area contributed by atoms with Crippen LogP contribution in [0, 0.1) is 0 Å². The van der Waals surface area contributed by atoms with E-state index >= 15 is 0 Å². The fourth-order valence-electron chi connectivity index (χ4n) is 3.13. The molecule has 4 nitrogen and oxygen atoms in total. The van der Waals surface area contributed by atoms with Gasteiger partial charge in [-0.2, -0.15) is 0 Å². The normalized spacial score (nSPS) is 21.0. The molecule has 1 heterocycles. The van der Waals surface area contributed by atoms with Gasteiger partial charge < -0.3 is 9.47 Å². The Morgan fingerprint density at radius 2 is 1.43 bits per heavy atom. The Kier molecular flexibility index (Phi) is 2.90. The molecule has 4 rings (SSSR count). The molecule has 2 atom stereocenters. The summed E-state index contributed by atoms with van der Waals surface area (Å²) >= 11 is 0. The van der Waals surface area contributed by atoms with Crippen molar-refractivity contribution in [3.8, 4) is 0 Å². The van der Waals surface area contributed by atoms with Crippen molar-refractivity contribution in [1.82, 2.24) is 0 Å². The van der Waals surface area contributed by atoms with Crippen LogP contribution >= 0.6 is 0 Å². The van der Waals surface area contributed by atoms with Crippen molar-refractivity contribution in [3.63, 3.8) is 0 Å². The van der Waals surface area contributed by atoms with Gasteiger partial charge in [0.15, 0.2) is 6.29 Å². The summed E-state index contributed by atoms with van der Waals surface area (Å²) in [6.45, 7) is 0. The second-order valence-corrected chi connectivity index (χ2v) is 5.10. The highest BCUT2D eigenvalue weighted by molar-refractivity contribution is 6.11. The molecule has 0 aromatic heterocycles. The van der Waals surface area contributed by atoms with Crippen LogP contribution in [-0.4, -0.2) is 12.4 Å². The average Bonchev–Trinajstić information content (AvgIpc) is 2.68. The van der Waals surface area contributed by atoms with Crippen LogP contribution < -0.4 is 0 Å². The molecule has 1 N–H and O–H groups in total. The fraction of sp³-hybridized carbons (Fsp3) is 0.176. The minimum Gasteiger partial charge on any atom is -0.352 e. The fourth-order valence-corrected chi connectivity index (χ4v) is 3.13. The maximum absolute atomic E-state index is 9.23. The van der Waals surface area contributed by atoms with E-state index in [0.717, 1.165) is 32.7 Å².